The van der Waals surface area contributed by atoms with Crippen LogP contribution in [0.4, 0.5) is 0 Å². The van der Waals surface area contributed by atoms with Gasteiger partial charge in [0.05, 0.1) is 36.2 Å². The number of hydrogen-bond acceptors (Lipinski definition) is 4. The Morgan fingerprint density at radius 2 is 0.882 bits per heavy atom. The van der Waals surface area contributed by atoms with E-state index >= 15 is 0 Å². The van der Waals surface area contributed by atoms with Gasteiger partial charge in [-0.3, -0.25) is 0 Å². The van der Waals surface area contributed by atoms with E-state index in [0.717, 1.165) is 5.56 Å². The zero-order valence-corrected chi connectivity index (χ0v) is 20.3. The lowest BCUT2D eigenvalue weighted by molar-refractivity contribution is 0.0599. The number of aryl methyl sites for hydroxylation is 1. The summed E-state index contributed by atoms with van der Waals surface area (Å²) < 4.78 is 9.14. The maximum Gasteiger partial charge on any atom is 0.337 e. The van der Waals surface area contributed by atoms with E-state index in [9.17, 15) is 9.59 Å². The lowest BCUT2D eigenvalue weighted by Gasteiger charge is -2.07. The number of carbonyl (C=O) groups is 2. The van der Waals surface area contributed by atoms with Gasteiger partial charge in [-0.05, 0) is 67.1 Å². The van der Waals surface area contributed by atoms with Crippen molar-refractivity contribution in [3.63, 3.8) is 0 Å². The fourth-order valence-electron chi connectivity index (χ4n) is 3.33. The highest BCUT2D eigenvalue weighted by molar-refractivity contribution is 7.97. The van der Waals surface area contributed by atoms with Gasteiger partial charge >= 0.3 is 11.9 Å². The van der Waals surface area contributed by atoms with Gasteiger partial charge in [0.1, 0.15) is 0 Å². The average Bonchev–Trinajstić information content (AvgIpc) is 2.90. The summed E-state index contributed by atoms with van der Waals surface area (Å²) in [6.07, 6.45) is 0. The SMILES string of the molecule is COC(=O)c1cc(C)cc(C(=O)OC)c1.c1ccc([S+](c2ccccc2)c2ccccc2)cc1. The van der Waals surface area contributed by atoms with E-state index < -0.39 is 11.9 Å². The van der Waals surface area contributed by atoms with E-state index in [1.807, 2.05) is 0 Å². The summed E-state index contributed by atoms with van der Waals surface area (Å²) in [6, 6.07) is 36.9. The molecule has 0 spiro atoms. The summed E-state index contributed by atoms with van der Waals surface area (Å²) in [7, 11) is 2.57. The van der Waals surface area contributed by atoms with E-state index in [1.54, 1.807) is 19.1 Å². The fraction of sp³-hybridized carbons (Fsp3) is 0.103. The van der Waals surface area contributed by atoms with E-state index in [-0.39, 0.29) is 10.9 Å². The first kappa shape index (κ1) is 24.8. The number of carbonyl (C=O) groups excluding carboxylic acids is 2. The van der Waals surface area contributed by atoms with Gasteiger partial charge in [-0.15, -0.1) is 0 Å². The second-order valence-corrected chi connectivity index (χ2v) is 9.34. The van der Waals surface area contributed by atoms with Crippen LogP contribution < -0.4 is 0 Å². The van der Waals surface area contributed by atoms with Crippen LogP contribution in [0.3, 0.4) is 0 Å². The van der Waals surface area contributed by atoms with Crippen LogP contribution in [-0.2, 0) is 20.4 Å². The molecule has 0 heterocycles. The standard InChI is InChI=1S/C18H15S.C11H12O4/c1-4-10-16(11-5-1)19(17-12-6-2-7-13-17)18-14-8-3-9-15-18;1-7-4-8(10(12)14-2)6-9(5-7)11(13)15-3/h1-15H;4-6H,1-3H3/q+1;. The zero-order chi connectivity index (χ0) is 24.3. The fourth-order valence-corrected chi connectivity index (χ4v) is 5.44. The van der Waals surface area contributed by atoms with E-state index in [2.05, 4.69) is 100 Å². The molecule has 0 amide bonds. The molecule has 0 fully saturated rings. The van der Waals surface area contributed by atoms with Crippen LogP contribution in [0.5, 0.6) is 0 Å². The molecule has 0 unspecified atom stereocenters. The molecule has 4 rings (SSSR count). The molecular weight excluding hydrogens is 444 g/mol. The summed E-state index contributed by atoms with van der Waals surface area (Å²) in [5.41, 5.74) is 1.49. The van der Waals surface area contributed by atoms with Gasteiger partial charge in [-0.25, -0.2) is 9.59 Å². The smallest absolute Gasteiger partial charge is 0.337 e. The van der Waals surface area contributed by atoms with Gasteiger partial charge in [0, 0.05) is 0 Å². The van der Waals surface area contributed by atoms with Crippen molar-refractivity contribution in [1.29, 1.82) is 0 Å². The van der Waals surface area contributed by atoms with Crippen LogP contribution >= 0.6 is 0 Å². The molecule has 0 aliphatic heterocycles. The summed E-state index contributed by atoms with van der Waals surface area (Å²) in [5.74, 6) is -0.937. The Bertz CT molecular complexity index is 1080. The van der Waals surface area contributed by atoms with E-state index in [1.165, 1.54) is 35.0 Å². The van der Waals surface area contributed by atoms with Crippen molar-refractivity contribution in [2.75, 3.05) is 14.2 Å². The van der Waals surface area contributed by atoms with Crippen LogP contribution in [0, 0.1) is 6.92 Å². The summed E-state index contributed by atoms with van der Waals surface area (Å²) in [5, 5.41) is 0. The van der Waals surface area contributed by atoms with Crippen molar-refractivity contribution in [2.24, 2.45) is 0 Å². The Labute approximate surface area is 203 Å². The number of esters is 2. The molecule has 0 saturated carbocycles. The van der Waals surface area contributed by atoms with E-state index in [0.29, 0.717) is 11.1 Å². The lowest BCUT2D eigenvalue weighted by atomic mass is 10.1. The van der Waals surface area contributed by atoms with Crippen LogP contribution in [0.1, 0.15) is 26.3 Å². The maximum absolute atomic E-state index is 11.3. The van der Waals surface area contributed by atoms with Crippen LogP contribution in [0.15, 0.2) is 124 Å². The minimum atomic E-state index is -0.469. The van der Waals surface area contributed by atoms with Gasteiger partial charge in [0.25, 0.3) is 0 Å². The Morgan fingerprint density at radius 3 is 1.18 bits per heavy atom. The van der Waals surface area contributed by atoms with E-state index in [4.69, 9.17) is 0 Å². The third-order valence-electron chi connectivity index (χ3n) is 4.86. The first-order valence-corrected chi connectivity index (χ1v) is 11.9. The third kappa shape index (κ3) is 6.59. The predicted molar refractivity (Wildman–Crippen MR) is 135 cm³/mol. The number of ether oxygens (including phenoxy) is 2. The highest BCUT2D eigenvalue weighted by Crippen LogP contribution is 2.30. The third-order valence-corrected chi connectivity index (χ3v) is 7.09. The van der Waals surface area contributed by atoms with Gasteiger partial charge in [-0.1, -0.05) is 54.6 Å². The molecule has 0 aliphatic rings. The molecule has 4 nitrogen and oxygen atoms in total. The topological polar surface area (TPSA) is 52.6 Å². The number of hydrogen-bond donors (Lipinski definition) is 0. The lowest BCUT2D eigenvalue weighted by Crippen LogP contribution is -2.06. The highest BCUT2D eigenvalue weighted by Gasteiger charge is 2.27. The quantitative estimate of drug-likeness (QED) is 0.251. The van der Waals surface area contributed by atoms with Gasteiger partial charge < -0.3 is 9.47 Å². The molecule has 0 bridgehead atoms. The van der Waals surface area contributed by atoms with Gasteiger partial charge in [-0.2, -0.15) is 0 Å². The van der Waals surface area contributed by atoms with Crippen LogP contribution in [-0.4, -0.2) is 26.2 Å². The zero-order valence-electron chi connectivity index (χ0n) is 19.4. The Hall–Kier alpha value is -3.83. The highest BCUT2D eigenvalue weighted by atomic mass is 32.2. The number of rotatable bonds is 5. The molecule has 0 atom stereocenters. The first-order chi connectivity index (χ1) is 16.5. The van der Waals surface area contributed by atoms with Crippen LogP contribution in [0.2, 0.25) is 0 Å². The number of methoxy groups -OCH3 is 2. The van der Waals surface area contributed by atoms with Crippen molar-refractivity contribution < 1.29 is 19.1 Å². The van der Waals surface area contributed by atoms with Gasteiger partial charge in [0.2, 0.25) is 0 Å². The minimum absolute atomic E-state index is 0.0146. The predicted octanol–water partition coefficient (Wildman–Crippen LogP) is 6.35. The van der Waals surface area contributed by atoms with Crippen molar-refractivity contribution >= 4 is 22.8 Å². The van der Waals surface area contributed by atoms with Crippen molar-refractivity contribution in [2.45, 2.75) is 21.6 Å². The average molecular weight is 472 g/mol. The molecule has 4 aromatic rings. The summed E-state index contributed by atoms with van der Waals surface area (Å²) in [6.45, 7) is 1.79. The summed E-state index contributed by atoms with van der Waals surface area (Å²) >= 11 is 0. The molecule has 5 heteroatoms. The van der Waals surface area contributed by atoms with Crippen LogP contribution in [0.25, 0.3) is 0 Å². The second-order valence-electron chi connectivity index (χ2n) is 7.32. The van der Waals surface area contributed by atoms with Gasteiger partial charge in [0.15, 0.2) is 14.7 Å². The van der Waals surface area contributed by atoms with Crippen molar-refractivity contribution in [3.05, 3.63) is 126 Å². The Kier molecular flexibility index (Phi) is 9.06. The molecule has 172 valence electrons. The van der Waals surface area contributed by atoms with Crippen molar-refractivity contribution in [3.8, 4) is 0 Å². The molecule has 0 aliphatic carbocycles. The maximum atomic E-state index is 11.3. The molecule has 4 aromatic carbocycles. The molecule has 34 heavy (non-hydrogen) atoms. The number of benzene rings is 4. The summed E-state index contributed by atoms with van der Waals surface area (Å²) in [4.78, 5) is 26.6. The van der Waals surface area contributed by atoms with Crippen molar-refractivity contribution in [1.82, 2.24) is 0 Å². The molecule has 0 N–H and O–H groups in total. The molecule has 0 saturated heterocycles. The Morgan fingerprint density at radius 1 is 0.559 bits per heavy atom. The largest absolute Gasteiger partial charge is 0.465 e. The molecule has 0 radical (unpaired) electrons. The normalized spacial score (nSPS) is 10.1. The molecule has 0 aromatic heterocycles. The minimum Gasteiger partial charge on any atom is -0.465 e. The first-order valence-electron chi connectivity index (χ1n) is 10.7. The monoisotopic (exact) mass is 471 g/mol. The molecular formula is C29H27O4S+. The second kappa shape index (κ2) is 12.4. The Balaban J connectivity index is 0.000000197.